The number of hydrogen-bond donors (Lipinski definition) is 1. The maximum absolute atomic E-state index is 8.07. The summed E-state index contributed by atoms with van der Waals surface area (Å²) in [6, 6.07) is 0. The molecule has 0 amide bonds. The zero-order valence-corrected chi connectivity index (χ0v) is 4.71. The van der Waals surface area contributed by atoms with E-state index in [2.05, 4.69) is 0 Å². The van der Waals surface area contributed by atoms with Crippen molar-refractivity contribution in [2.75, 3.05) is 6.61 Å². The summed E-state index contributed by atoms with van der Waals surface area (Å²) in [4.78, 5) is -0.407. The maximum Gasteiger partial charge on any atom is 0.110 e. The highest BCUT2D eigenvalue weighted by Gasteiger charge is 1.92. The van der Waals surface area contributed by atoms with Gasteiger partial charge in [-0.25, -0.2) is 0 Å². The molecule has 0 aromatic carbocycles. The molecule has 0 saturated heterocycles. The smallest absolute Gasteiger partial charge is 0.110 e. The fourth-order valence-electron chi connectivity index (χ4n) is 0.0976. The minimum Gasteiger partial charge on any atom is -0.396 e. The summed E-state index contributed by atoms with van der Waals surface area (Å²) in [6.07, 6.45) is 0.461. The van der Waals surface area contributed by atoms with Crippen LogP contribution in [0.1, 0.15) is 6.42 Å². The molecule has 0 unspecified atom stereocenters. The van der Waals surface area contributed by atoms with Gasteiger partial charge in [0.1, 0.15) is 4.84 Å². The Morgan fingerprint density at radius 1 is 1.50 bits per heavy atom. The normalized spacial score (nSPS) is 10.0. The van der Waals surface area contributed by atoms with Gasteiger partial charge in [-0.1, -0.05) is 0 Å². The topological polar surface area (TPSA) is 20.2 Å². The van der Waals surface area contributed by atoms with Gasteiger partial charge in [0, 0.05) is 13.0 Å². The molecule has 0 aliphatic carbocycles. The van der Waals surface area contributed by atoms with E-state index in [-0.39, 0.29) is 6.61 Å². The van der Waals surface area contributed by atoms with Crippen LogP contribution in [-0.2, 0) is 0 Å². The fraction of sp³-hybridized carbons (Fsp3) is 1.00. The lowest BCUT2D eigenvalue weighted by Gasteiger charge is -1.90. The Morgan fingerprint density at radius 3 is 2.00 bits per heavy atom. The first-order chi connectivity index (χ1) is 2.77. The summed E-state index contributed by atoms with van der Waals surface area (Å²) < 4.78 is 0. The Hall–Kier alpha value is 0.540. The molecule has 6 heavy (non-hydrogen) atoms. The van der Waals surface area contributed by atoms with Crippen LogP contribution in [0.3, 0.4) is 0 Å². The molecule has 0 radical (unpaired) electrons. The van der Waals surface area contributed by atoms with Gasteiger partial charge in [0.15, 0.2) is 0 Å². The van der Waals surface area contributed by atoms with Crippen molar-refractivity contribution in [3.05, 3.63) is 0 Å². The van der Waals surface area contributed by atoms with Crippen LogP contribution in [-0.4, -0.2) is 16.5 Å². The second kappa shape index (κ2) is 3.72. The first-order valence-electron chi connectivity index (χ1n) is 1.66. The predicted molar refractivity (Wildman–Crippen MR) is 27.2 cm³/mol. The van der Waals surface area contributed by atoms with Crippen LogP contribution in [0.5, 0.6) is 0 Å². The van der Waals surface area contributed by atoms with Gasteiger partial charge in [-0.15, -0.1) is 23.2 Å². The fourth-order valence-corrected chi connectivity index (χ4v) is 0.293. The Kier molecular flexibility index (Phi) is 4.06. The number of aliphatic hydroxyl groups excluding tert-OH is 1. The van der Waals surface area contributed by atoms with Crippen LogP contribution >= 0.6 is 23.2 Å². The van der Waals surface area contributed by atoms with Crippen LogP contribution in [0, 0.1) is 0 Å². The van der Waals surface area contributed by atoms with Crippen molar-refractivity contribution >= 4 is 23.2 Å². The van der Waals surface area contributed by atoms with Crippen molar-refractivity contribution in [3.63, 3.8) is 0 Å². The van der Waals surface area contributed by atoms with Gasteiger partial charge in [0.25, 0.3) is 0 Å². The summed E-state index contributed by atoms with van der Waals surface area (Å²) >= 11 is 10.4. The van der Waals surface area contributed by atoms with Crippen LogP contribution < -0.4 is 0 Å². The van der Waals surface area contributed by atoms with E-state index < -0.39 is 4.84 Å². The van der Waals surface area contributed by atoms with E-state index in [0.717, 1.165) is 0 Å². The van der Waals surface area contributed by atoms with Gasteiger partial charge in [-0.3, -0.25) is 0 Å². The average Bonchev–Trinajstić information content (AvgIpc) is 1.35. The summed E-state index contributed by atoms with van der Waals surface area (Å²) in [5.74, 6) is 0. The molecule has 3 heteroatoms. The molecule has 0 spiro atoms. The summed E-state index contributed by atoms with van der Waals surface area (Å²) in [5, 5.41) is 8.07. The van der Waals surface area contributed by atoms with Crippen LogP contribution in [0.15, 0.2) is 0 Å². The average molecular weight is 129 g/mol. The van der Waals surface area contributed by atoms with Crippen LogP contribution in [0.2, 0.25) is 0 Å². The summed E-state index contributed by atoms with van der Waals surface area (Å²) in [7, 11) is 0. The Balaban J connectivity index is 2.63. The molecule has 1 N–H and O–H groups in total. The highest BCUT2D eigenvalue weighted by molar-refractivity contribution is 6.44. The first kappa shape index (κ1) is 6.54. The van der Waals surface area contributed by atoms with Crippen molar-refractivity contribution in [1.29, 1.82) is 0 Å². The van der Waals surface area contributed by atoms with Gasteiger partial charge in [0.05, 0.1) is 0 Å². The Labute approximate surface area is 46.9 Å². The summed E-state index contributed by atoms with van der Waals surface area (Å²) in [6.45, 7) is 0.0671. The van der Waals surface area contributed by atoms with Gasteiger partial charge >= 0.3 is 0 Å². The summed E-state index contributed by atoms with van der Waals surface area (Å²) in [5.41, 5.74) is 0. The van der Waals surface area contributed by atoms with Gasteiger partial charge in [0.2, 0.25) is 0 Å². The lowest BCUT2D eigenvalue weighted by molar-refractivity contribution is 0.293. The minimum atomic E-state index is -0.407. The minimum absolute atomic E-state index is 0.0671. The van der Waals surface area contributed by atoms with E-state index in [9.17, 15) is 0 Å². The molecule has 38 valence electrons. The maximum atomic E-state index is 8.07. The number of aliphatic hydroxyl groups is 1. The Bertz CT molecular complexity index is 30.0. The van der Waals surface area contributed by atoms with Crippen molar-refractivity contribution < 1.29 is 5.11 Å². The molecular formula is C3H6Cl2O. The quantitative estimate of drug-likeness (QED) is 0.555. The highest BCUT2D eigenvalue weighted by Crippen LogP contribution is 2.04. The first-order valence-corrected chi connectivity index (χ1v) is 2.53. The second-order valence-corrected chi connectivity index (χ2v) is 2.18. The third-order valence-electron chi connectivity index (χ3n) is 0.347. The van der Waals surface area contributed by atoms with Crippen molar-refractivity contribution in [3.8, 4) is 0 Å². The van der Waals surface area contributed by atoms with Crippen LogP contribution in [0.25, 0.3) is 0 Å². The lowest BCUT2D eigenvalue weighted by atomic mass is 10.5. The number of alkyl halides is 2. The molecule has 0 aliphatic heterocycles. The number of hydrogen-bond acceptors (Lipinski definition) is 1. The molecule has 0 fully saturated rings. The second-order valence-electron chi connectivity index (χ2n) is 0.903. The number of halogens is 2. The van der Waals surface area contributed by atoms with E-state index in [4.69, 9.17) is 28.3 Å². The van der Waals surface area contributed by atoms with E-state index in [1.807, 2.05) is 0 Å². The molecule has 0 heterocycles. The van der Waals surface area contributed by atoms with Crippen molar-refractivity contribution in [2.45, 2.75) is 11.3 Å². The Morgan fingerprint density at radius 2 is 2.00 bits per heavy atom. The molecule has 0 aromatic rings. The monoisotopic (exact) mass is 128 g/mol. The predicted octanol–water partition coefficient (Wildman–Crippen LogP) is 1.17. The van der Waals surface area contributed by atoms with E-state index in [1.54, 1.807) is 0 Å². The molecule has 0 bridgehead atoms. The molecular weight excluding hydrogens is 123 g/mol. The molecule has 0 rings (SSSR count). The SMILES string of the molecule is OCCC(Cl)Cl. The van der Waals surface area contributed by atoms with Crippen molar-refractivity contribution in [1.82, 2.24) is 0 Å². The van der Waals surface area contributed by atoms with Gasteiger partial charge in [-0.05, 0) is 0 Å². The van der Waals surface area contributed by atoms with E-state index in [1.165, 1.54) is 0 Å². The van der Waals surface area contributed by atoms with Gasteiger partial charge < -0.3 is 5.11 Å². The molecule has 0 aromatic heterocycles. The molecule has 1 nitrogen and oxygen atoms in total. The third kappa shape index (κ3) is 4.54. The zero-order chi connectivity index (χ0) is 4.99. The standard InChI is InChI=1S/C3H6Cl2O/c4-3(5)1-2-6/h3,6H,1-2H2. The largest absolute Gasteiger partial charge is 0.396 e. The highest BCUT2D eigenvalue weighted by atomic mass is 35.5. The van der Waals surface area contributed by atoms with E-state index >= 15 is 0 Å². The lowest BCUT2D eigenvalue weighted by Crippen LogP contribution is -1.89. The van der Waals surface area contributed by atoms with Crippen molar-refractivity contribution in [2.24, 2.45) is 0 Å². The number of rotatable bonds is 2. The van der Waals surface area contributed by atoms with Crippen LogP contribution in [0.4, 0.5) is 0 Å². The third-order valence-corrected chi connectivity index (χ3v) is 0.784. The molecule has 0 aliphatic rings. The zero-order valence-electron chi connectivity index (χ0n) is 3.19. The van der Waals surface area contributed by atoms with Gasteiger partial charge in [-0.2, -0.15) is 0 Å². The molecule has 0 atom stereocenters. The molecule has 0 saturated carbocycles. The van der Waals surface area contributed by atoms with E-state index in [0.29, 0.717) is 6.42 Å².